The van der Waals surface area contributed by atoms with Crippen LogP contribution in [-0.2, 0) is 0 Å². The Hall–Kier alpha value is -7.62. The molecule has 3 heteroatoms. The Bertz CT molecular complexity index is 3720. The highest BCUT2D eigenvalue weighted by atomic mass is 16.3. The SMILES string of the molecule is c1ccc2c(c1)oc1c(N(c3ccc(-c4ccc5c6cccc7c8ccccc8n(c5c4)c76)cc3)c3ccc4c5ccccc5c5ccccc5c4c3)cccc12. The topological polar surface area (TPSA) is 20.8 Å². The van der Waals surface area contributed by atoms with Crippen LogP contribution in [0.4, 0.5) is 17.1 Å². The summed E-state index contributed by atoms with van der Waals surface area (Å²) in [6.45, 7) is 0. The fourth-order valence-electron chi connectivity index (χ4n) is 9.78. The molecule has 0 amide bonds. The van der Waals surface area contributed by atoms with E-state index in [1.54, 1.807) is 0 Å². The molecule has 0 unspecified atom stereocenters. The minimum Gasteiger partial charge on any atom is -0.454 e. The monoisotopic (exact) mass is 724 g/mol. The molecule has 0 aliphatic carbocycles. The molecular formula is C54H32N2O. The van der Waals surface area contributed by atoms with Crippen LogP contribution in [-0.4, -0.2) is 4.40 Å². The Morgan fingerprint density at radius 2 is 0.860 bits per heavy atom. The number of hydrogen-bond acceptors (Lipinski definition) is 2. The van der Waals surface area contributed by atoms with E-state index in [0.717, 1.165) is 39.0 Å². The van der Waals surface area contributed by atoms with Crippen molar-refractivity contribution in [2.45, 2.75) is 0 Å². The zero-order valence-corrected chi connectivity index (χ0v) is 30.8. The first-order valence-corrected chi connectivity index (χ1v) is 19.6. The van der Waals surface area contributed by atoms with E-state index in [9.17, 15) is 0 Å². The van der Waals surface area contributed by atoms with Crippen molar-refractivity contribution in [1.82, 2.24) is 4.40 Å². The predicted octanol–water partition coefficient (Wildman–Crippen LogP) is 15.3. The van der Waals surface area contributed by atoms with Crippen LogP contribution >= 0.6 is 0 Å². The van der Waals surface area contributed by atoms with E-state index < -0.39 is 0 Å². The van der Waals surface area contributed by atoms with Gasteiger partial charge in [0.2, 0.25) is 0 Å². The van der Waals surface area contributed by atoms with Gasteiger partial charge in [-0.3, -0.25) is 0 Å². The number of anilines is 3. The molecule has 3 heterocycles. The minimum atomic E-state index is 0.870. The summed E-state index contributed by atoms with van der Waals surface area (Å²) in [5.74, 6) is 0. The zero-order chi connectivity index (χ0) is 37.2. The van der Waals surface area contributed by atoms with Crippen LogP contribution in [0.1, 0.15) is 0 Å². The van der Waals surface area contributed by atoms with E-state index in [2.05, 4.69) is 197 Å². The molecule has 0 saturated heterocycles. The lowest BCUT2D eigenvalue weighted by molar-refractivity contribution is 0.669. The van der Waals surface area contributed by atoms with Crippen molar-refractivity contribution in [3.05, 3.63) is 194 Å². The quantitative estimate of drug-likeness (QED) is 0.169. The molecule has 0 saturated carbocycles. The van der Waals surface area contributed by atoms with Crippen LogP contribution in [0.2, 0.25) is 0 Å². The lowest BCUT2D eigenvalue weighted by Gasteiger charge is -2.26. The molecule has 0 aliphatic heterocycles. The van der Waals surface area contributed by atoms with Crippen LogP contribution in [0.3, 0.4) is 0 Å². The highest BCUT2D eigenvalue weighted by molar-refractivity contribution is 6.26. The summed E-state index contributed by atoms with van der Waals surface area (Å²) in [5, 5.41) is 14.9. The standard InChI is InChI=1S/C54H32N2O/c1-2-13-39-37(11-1)38-12-3-4-14-40(38)48-32-36(28-30-41(39)48)55(50-21-10-19-47-44-16-6-8-22-52(44)57-54(47)50)35-26-23-33(24-27-35)34-25-29-43-46-18-9-17-45-42-15-5-7-20-49(42)56(53(45)46)51(43)31-34/h1-32H. The van der Waals surface area contributed by atoms with Crippen molar-refractivity contribution in [3.8, 4) is 11.1 Å². The van der Waals surface area contributed by atoms with Gasteiger partial charge in [-0.25, -0.2) is 0 Å². The van der Waals surface area contributed by atoms with Crippen LogP contribution < -0.4 is 4.90 Å². The van der Waals surface area contributed by atoms with E-state index in [-0.39, 0.29) is 0 Å². The molecule has 0 atom stereocenters. The zero-order valence-electron chi connectivity index (χ0n) is 30.8. The maximum absolute atomic E-state index is 6.69. The molecule has 13 rings (SSSR count). The van der Waals surface area contributed by atoms with Gasteiger partial charge in [0.1, 0.15) is 5.58 Å². The number of benzene rings is 10. The number of fused-ring (bicyclic) bond motifs is 15. The van der Waals surface area contributed by atoms with Crippen molar-refractivity contribution in [1.29, 1.82) is 0 Å². The lowest BCUT2D eigenvalue weighted by Crippen LogP contribution is -2.10. The van der Waals surface area contributed by atoms with Crippen molar-refractivity contribution >= 4 is 109 Å². The molecule has 57 heavy (non-hydrogen) atoms. The van der Waals surface area contributed by atoms with Crippen LogP contribution in [0.15, 0.2) is 199 Å². The van der Waals surface area contributed by atoms with E-state index in [1.165, 1.54) is 81.5 Å². The molecule has 0 spiro atoms. The highest BCUT2D eigenvalue weighted by Crippen LogP contribution is 2.45. The van der Waals surface area contributed by atoms with Crippen LogP contribution in [0, 0.1) is 0 Å². The highest BCUT2D eigenvalue weighted by Gasteiger charge is 2.22. The summed E-state index contributed by atoms with van der Waals surface area (Å²) in [6, 6.07) is 70.7. The first-order valence-electron chi connectivity index (χ1n) is 19.6. The first kappa shape index (κ1) is 30.7. The average Bonchev–Trinajstić information content (AvgIpc) is 3.94. The third-order valence-electron chi connectivity index (χ3n) is 12.3. The Balaban J connectivity index is 1.02. The fraction of sp³-hybridized carbons (Fsp3) is 0. The molecule has 0 N–H and O–H groups in total. The Morgan fingerprint density at radius 1 is 0.333 bits per heavy atom. The van der Waals surface area contributed by atoms with Gasteiger partial charge in [0.15, 0.2) is 5.58 Å². The number of furan rings is 1. The van der Waals surface area contributed by atoms with E-state index >= 15 is 0 Å². The van der Waals surface area contributed by atoms with Crippen molar-refractivity contribution in [3.63, 3.8) is 0 Å². The Kier molecular flexibility index (Phi) is 6.16. The second kappa shape index (κ2) is 11.5. The third-order valence-corrected chi connectivity index (χ3v) is 12.3. The Labute approximate surface area is 327 Å². The molecule has 0 radical (unpaired) electrons. The number of nitrogens with zero attached hydrogens (tertiary/aromatic N) is 2. The van der Waals surface area contributed by atoms with Crippen molar-refractivity contribution in [2.75, 3.05) is 4.90 Å². The lowest BCUT2D eigenvalue weighted by atomic mass is 9.94. The molecule has 13 aromatic rings. The first-order chi connectivity index (χ1) is 28.3. The van der Waals surface area contributed by atoms with Gasteiger partial charge in [0.05, 0.1) is 22.2 Å². The summed E-state index contributed by atoms with van der Waals surface area (Å²) in [7, 11) is 0. The number of aromatic nitrogens is 1. The summed E-state index contributed by atoms with van der Waals surface area (Å²) in [6.07, 6.45) is 0. The molecule has 3 aromatic heterocycles. The fourth-order valence-corrected chi connectivity index (χ4v) is 9.78. The van der Waals surface area contributed by atoms with Crippen LogP contribution in [0.25, 0.3) is 103 Å². The maximum Gasteiger partial charge on any atom is 0.159 e. The van der Waals surface area contributed by atoms with Crippen molar-refractivity contribution < 1.29 is 4.42 Å². The average molecular weight is 725 g/mol. The van der Waals surface area contributed by atoms with Crippen molar-refractivity contribution in [2.24, 2.45) is 0 Å². The number of hydrogen-bond donors (Lipinski definition) is 0. The van der Waals surface area contributed by atoms with Gasteiger partial charge >= 0.3 is 0 Å². The van der Waals surface area contributed by atoms with Gasteiger partial charge in [-0.05, 0) is 92.0 Å². The summed E-state index contributed by atoms with van der Waals surface area (Å²) < 4.78 is 9.14. The van der Waals surface area contributed by atoms with Gasteiger partial charge in [0.25, 0.3) is 0 Å². The van der Waals surface area contributed by atoms with E-state index in [1.807, 2.05) is 6.07 Å². The van der Waals surface area contributed by atoms with E-state index in [0.29, 0.717) is 0 Å². The van der Waals surface area contributed by atoms with Gasteiger partial charge in [-0.1, -0.05) is 146 Å². The van der Waals surface area contributed by atoms with Crippen LogP contribution in [0.5, 0.6) is 0 Å². The molecular weight excluding hydrogens is 693 g/mol. The Morgan fingerprint density at radius 3 is 1.61 bits per heavy atom. The van der Waals surface area contributed by atoms with E-state index in [4.69, 9.17) is 4.42 Å². The summed E-state index contributed by atoms with van der Waals surface area (Å²) >= 11 is 0. The molecule has 0 bridgehead atoms. The molecule has 0 aliphatic rings. The predicted molar refractivity (Wildman–Crippen MR) is 241 cm³/mol. The molecule has 3 nitrogen and oxygen atoms in total. The van der Waals surface area contributed by atoms with Gasteiger partial charge < -0.3 is 13.7 Å². The minimum absolute atomic E-state index is 0.870. The van der Waals surface area contributed by atoms with Gasteiger partial charge in [0, 0.05) is 43.7 Å². The molecule has 0 fully saturated rings. The second-order valence-corrected chi connectivity index (χ2v) is 15.2. The maximum atomic E-state index is 6.69. The van der Waals surface area contributed by atoms with Gasteiger partial charge in [-0.2, -0.15) is 0 Å². The second-order valence-electron chi connectivity index (χ2n) is 15.2. The molecule has 10 aromatic carbocycles. The normalized spacial score (nSPS) is 12.2. The third kappa shape index (κ3) is 4.26. The smallest absolute Gasteiger partial charge is 0.159 e. The molecule has 264 valence electrons. The summed E-state index contributed by atoms with van der Waals surface area (Å²) in [5.41, 5.74) is 11.0. The number of para-hydroxylation sites is 4. The van der Waals surface area contributed by atoms with Gasteiger partial charge in [-0.15, -0.1) is 0 Å². The summed E-state index contributed by atoms with van der Waals surface area (Å²) in [4.78, 5) is 2.36. The number of rotatable bonds is 4. The largest absolute Gasteiger partial charge is 0.454 e.